The Morgan fingerprint density at radius 2 is 2.15 bits per heavy atom. The third kappa shape index (κ3) is 2.08. The summed E-state index contributed by atoms with van der Waals surface area (Å²) in [6.07, 6.45) is 1.52. The summed E-state index contributed by atoms with van der Waals surface area (Å²) < 4.78 is 5.88. The molecule has 3 rings (SSSR count). The number of carbonyl (C=O) groups is 2. The Labute approximate surface area is 120 Å². The molecule has 1 fully saturated rings. The summed E-state index contributed by atoms with van der Waals surface area (Å²) in [6.45, 7) is 0.614. The summed E-state index contributed by atoms with van der Waals surface area (Å²) in [5.74, 6) is -0.397. The fourth-order valence-electron chi connectivity index (χ4n) is 2.69. The van der Waals surface area contributed by atoms with Gasteiger partial charge in [-0.15, -0.1) is 11.3 Å². The van der Waals surface area contributed by atoms with Crippen LogP contribution in [0.1, 0.15) is 23.2 Å². The Morgan fingerprint density at radius 1 is 1.35 bits per heavy atom. The van der Waals surface area contributed by atoms with Crippen LogP contribution >= 0.6 is 11.3 Å². The lowest BCUT2D eigenvalue weighted by atomic mass is 10.1. The molecule has 0 radical (unpaired) electrons. The molecule has 1 aliphatic rings. The molecule has 1 aromatic heterocycles. The van der Waals surface area contributed by atoms with Gasteiger partial charge in [0, 0.05) is 22.0 Å². The fraction of sp³-hybridized carbons (Fsp3) is 0.333. The SMILES string of the molecule is COC(=O)C1CCCN1C(=O)c1csc2ccccc12. The number of rotatable bonds is 2. The summed E-state index contributed by atoms with van der Waals surface area (Å²) >= 11 is 1.55. The van der Waals surface area contributed by atoms with Gasteiger partial charge in [-0.3, -0.25) is 4.79 Å². The van der Waals surface area contributed by atoms with Crippen LogP contribution in [-0.4, -0.2) is 36.5 Å². The number of fused-ring (bicyclic) bond motifs is 1. The Balaban J connectivity index is 1.94. The van der Waals surface area contributed by atoms with Crippen LogP contribution in [0.3, 0.4) is 0 Å². The molecule has 1 aliphatic heterocycles. The number of methoxy groups -OCH3 is 1. The van der Waals surface area contributed by atoms with Crippen LogP contribution in [0.15, 0.2) is 29.6 Å². The zero-order valence-electron chi connectivity index (χ0n) is 11.2. The van der Waals surface area contributed by atoms with E-state index in [-0.39, 0.29) is 11.9 Å². The average molecular weight is 289 g/mol. The van der Waals surface area contributed by atoms with Crippen molar-refractivity contribution in [3.8, 4) is 0 Å². The van der Waals surface area contributed by atoms with Crippen LogP contribution < -0.4 is 0 Å². The Morgan fingerprint density at radius 3 is 2.95 bits per heavy atom. The first-order chi connectivity index (χ1) is 9.72. The highest BCUT2D eigenvalue weighted by molar-refractivity contribution is 7.17. The highest BCUT2D eigenvalue weighted by atomic mass is 32.1. The van der Waals surface area contributed by atoms with Gasteiger partial charge in [0.05, 0.1) is 12.7 Å². The first-order valence-corrected chi connectivity index (χ1v) is 7.45. The van der Waals surface area contributed by atoms with Crippen LogP contribution in [0.4, 0.5) is 0 Å². The monoisotopic (exact) mass is 289 g/mol. The van der Waals surface area contributed by atoms with Crippen molar-refractivity contribution in [2.75, 3.05) is 13.7 Å². The molecule has 1 aromatic carbocycles. The lowest BCUT2D eigenvalue weighted by molar-refractivity contribution is -0.145. The summed E-state index contributed by atoms with van der Waals surface area (Å²) in [7, 11) is 1.36. The summed E-state index contributed by atoms with van der Waals surface area (Å²) in [5, 5.41) is 2.83. The van der Waals surface area contributed by atoms with Crippen molar-refractivity contribution in [2.24, 2.45) is 0 Å². The van der Waals surface area contributed by atoms with Gasteiger partial charge in [-0.25, -0.2) is 4.79 Å². The standard InChI is InChI=1S/C15H15NO3S/c1-19-15(18)12-6-4-8-16(12)14(17)11-9-20-13-7-3-2-5-10(11)13/h2-3,5,7,9,12H,4,6,8H2,1H3. The van der Waals surface area contributed by atoms with Gasteiger partial charge < -0.3 is 9.64 Å². The first kappa shape index (κ1) is 13.1. The zero-order chi connectivity index (χ0) is 14.1. The molecule has 1 unspecified atom stereocenters. The zero-order valence-corrected chi connectivity index (χ0v) is 12.0. The minimum Gasteiger partial charge on any atom is -0.467 e. The maximum absolute atomic E-state index is 12.7. The molecule has 1 amide bonds. The molecular weight excluding hydrogens is 274 g/mol. The van der Waals surface area contributed by atoms with Crippen LogP contribution in [0.5, 0.6) is 0 Å². The van der Waals surface area contributed by atoms with Crippen molar-refractivity contribution < 1.29 is 14.3 Å². The molecule has 1 saturated heterocycles. The summed E-state index contributed by atoms with van der Waals surface area (Å²) in [4.78, 5) is 26.1. The smallest absolute Gasteiger partial charge is 0.328 e. The van der Waals surface area contributed by atoms with E-state index < -0.39 is 6.04 Å². The molecule has 0 N–H and O–H groups in total. The van der Waals surface area contributed by atoms with E-state index in [4.69, 9.17) is 4.74 Å². The summed E-state index contributed by atoms with van der Waals surface area (Å²) in [5.41, 5.74) is 0.682. The van der Waals surface area contributed by atoms with Gasteiger partial charge in [-0.2, -0.15) is 0 Å². The number of hydrogen-bond donors (Lipinski definition) is 0. The average Bonchev–Trinajstić information content (AvgIpc) is 3.12. The molecule has 0 bridgehead atoms. The Kier molecular flexibility index (Phi) is 3.44. The number of carbonyl (C=O) groups excluding carboxylic acids is 2. The molecule has 2 heterocycles. The normalized spacial score (nSPS) is 18.4. The van der Waals surface area contributed by atoms with Crippen LogP contribution in [0, 0.1) is 0 Å². The van der Waals surface area contributed by atoms with Crippen molar-refractivity contribution in [3.05, 3.63) is 35.2 Å². The van der Waals surface area contributed by atoms with Gasteiger partial charge in [0.25, 0.3) is 5.91 Å². The van der Waals surface area contributed by atoms with Crippen LogP contribution in [-0.2, 0) is 9.53 Å². The second-order valence-corrected chi connectivity index (χ2v) is 5.74. The lowest BCUT2D eigenvalue weighted by Gasteiger charge is -2.22. The molecule has 0 saturated carbocycles. The van der Waals surface area contributed by atoms with E-state index >= 15 is 0 Å². The highest BCUT2D eigenvalue weighted by Gasteiger charge is 2.35. The predicted molar refractivity (Wildman–Crippen MR) is 77.9 cm³/mol. The minimum atomic E-state index is -0.439. The van der Waals surface area contributed by atoms with E-state index in [0.29, 0.717) is 18.5 Å². The minimum absolute atomic E-state index is 0.0737. The molecular formula is C15H15NO3S. The van der Waals surface area contributed by atoms with E-state index in [2.05, 4.69) is 0 Å². The van der Waals surface area contributed by atoms with Crippen molar-refractivity contribution in [3.63, 3.8) is 0 Å². The molecule has 20 heavy (non-hydrogen) atoms. The molecule has 104 valence electrons. The van der Waals surface area contributed by atoms with Gasteiger partial charge in [0.1, 0.15) is 6.04 Å². The van der Waals surface area contributed by atoms with Crippen molar-refractivity contribution in [2.45, 2.75) is 18.9 Å². The molecule has 0 aliphatic carbocycles. The first-order valence-electron chi connectivity index (χ1n) is 6.57. The number of hydrogen-bond acceptors (Lipinski definition) is 4. The molecule has 0 spiro atoms. The molecule has 5 heteroatoms. The Hall–Kier alpha value is -1.88. The predicted octanol–water partition coefficient (Wildman–Crippen LogP) is 2.68. The largest absolute Gasteiger partial charge is 0.467 e. The van der Waals surface area contributed by atoms with E-state index in [1.807, 2.05) is 29.6 Å². The molecule has 4 nitrogen and oxygen atoms in total. The van der Waals surface area contributed by atoms with E-state index in [0.717, 1.165) is 16.5 Å². The second kappa shape index (κ2) is 5.25. The van der Waals surface area contributed by atoms with Crippen LogP contribution in [0.2, 0.25) is 0 Å². The van der Waals surface area contributed by atoms with Gasteiger partial charge in [0.2, 0.25) is 0 Å². The quantitative estimate of drug-likeness (QED) is 0.799. The second-order valence-electron chi connectivity index (χ2n) is 4.83. The number of nitrogens with zero attached hydrogens (tertiary/aromatic N) is 1. The van der Waals surface area contributed by atoms with E-state index in [1.54, 1.807) is 16.2 Å². The maximum atomic E-state index is 12.7. The highest BCUT2D eigenvalue weighted by Crippen LogP contribution is 2.29. The number of benzene rings is 1. The third-order valence-electron chi connectivity index (χ3n) is 3.70. The summed E-state index contributed by atoms with van der Waals surface area (Å²) in [6, 6.07) is 7.39. The van der Waals surface area contributed by atoms with E-state index in [9.17, 15) is 9.59 Å². The number of esters is 1. The third-order valence-corrected chi connectivity index (χ3v) is 4.66. The van der Waals surface area contributed by atoms with Crippen molar-refractivity contribution >= 4 is 33.3 Å². The topological polar surface area (TPSA) is 46.6 Å². The molecule has 1 atom stereocenters. The van der Waals surface area contributed by atoms with Gasteiger partial charge in [0.15, 0.2) is 0 Å². The number of likely N-dealkylation sites (tertiary alicyclic amines) is 1. The van der Waals surface area contributed by atoms with E-state index in [1.165, 1.54) is 7.11 Å². The lowest BCUT2D eigenvalue weighted by Crippen LogP contribution is -2.41. The Bertz CT molecular complexity index is 664. The van der Waals surface area contributed by atoms with Crippen molar-refractivity contribution in [1.82, 2.24) is 4.90 Å². The van der Waals surface area contributed by atoms with Crippen molar-refractivity contribution in [1.29, 1.82) is 0 Å². The molecule has 2 aromatic rings. The number of ether oxygens (including phenoxy) is 1. The van der Waals surface area contributed by atoms with Gasteiger partial charge >= 0.3 is 5.97 Å². The van der Waals surface area contributed by atoms with Gasteiger partial charge in [-0.1, -0.05) is 18.2 Å². The fourth-order valence-corrected chi connectivity index (χ4v) is 3.62. The maximum Gasteiger partial charge on any atom is 0.328 e. The van der Waals surface area contributed by atoms with Gasteiger partial charge in [-0.05, 0) is 18.9 Å². The number of thiophene rings is 1. The van der Waals surface area contributed by atoms with Crippen LogP contribution in [0.25, 0.3) is 10.1 Å². The number of amides is 1.